The number of aliphatic imine (C=N–C) groups is 2. The molecule has 0 fully saturated rings. The van der Waals surface area contributed by atoms with Crippen molar-refractivity contribution in [3.63, 3.8) is 0 Å². The topological polar surface area (TPSA) is 24.7 Å². The summed E-state index contributed by atoms with van der Waals surface area (Å²) < 4.78 is 0. The first-order valence-corrected chi connectivity index (χ1v) is 5.94. The first-order chi connectivity index (χ1) is 6.74. The minimum Gasteiger partial charge on any atom is -0.274 e. The van der Waals surface area contributed by atoms with Gasteiger partial charge in [-0.15, -0.1) is 0 Å². The highest BCUT2D eigenvalue weighted by Crippen LogP contribution is 2.24. The number of hydrogen-bond acceptors (Lipinski definition) is 2. The van der Waals surface area contributed by atoms with Crippen LogP contribution in [0.4, 0.5) is 0 Å². The van der Waals surface area contributed by atoms with Crippen LogP contribution in [0, 0.1) is 0 Å². The third kappa shape index (κ3) is 2.71. The summed E-state index contributed by atoms with van der Waals surface area (Å²) in [5.74, 6) is 0. The van der Waals surface area contributed by atoms with Crippen LogP contribution in [0.5, 0.6) is 0 Å². The van der Waals surface area contributed by atoms with Gasteiger partial charge in [0.15, 0.2) is 0 Å². The van der Waals surface area contributed by atoms with Gasteiger partial charge in [0.05, 0.1) is 12.1 Å². The highest BCUT2D eigenvalue weighted by atomic mass is 35.5. The second-order valence-corrected chi connectivity index (χ2v) is 4.85. The molecule has 0 amide bonds. The average Bonchev–Trinajstić information content (AvgIpc) is 2.72. The van der Waals surface area contributed by atoms with Crippen LogP contribution in [0.15, 0.2) is 9.98 Å². The van der Waals surface area contributed by atoms with Gasteiger partial charge < -0.3 is 0 Å². The Balaban J connectivity index is 1.73. The minimum atomic E-state index is 0.442. The van der Waals surface area contributed by atoms with Gasteiger partial charge in [-0.3, -0.25) is 9.98 Å². The lowest BCUT2D eigenvalue weighted by Crippen LogP contribution is -2.06. The molecule has 0 N–H and O–H groups in total. The van der Waals surface area contributed by atoms with Crippen molar-refractivity contribution >= 4 is 33.5 Å². The molecule has 0 aliphatic carbocycles. The van der Waals surface area contributed by atoms with E-state index in [2.05, 4.69) is 9.98 Å². The Morgan fingerprint density at radius 2 is 1.36 bits per heavy atom. The summed E-state index contributed by atoms with van der Waals surface area (Å²) in [5.41, 5.74) is 0. The second-order valence-electron chi connectivity index (χ2n) is 3.97. The Morgan fingerprint density at radius 1 is 0.929 bits per heavy atom. The van der Waals surface area contributed by atoms with Gasteiger partial charge in [-0.1, -0.05) is 23.2 Å². The van der Waals surface area contributed by atoms with Crippen LogP contribution in [-0.2, 0) is 0 Å². The highest BCUT2D eigenvalue weighted by Gasteiger charge is 2.20. The van der Waals surface area contributed by atoms with E-state index >= 15 is 0 Å². The van der Waals surface area contributed by atoms with E-state index in [1.807, 2.05) is 0 Å². The van der Waals surface area contributed by atoms with Crippen molar-refractivity contribution in [1.29, 1.82) is 0 Å². The van der Waals surface area contributed by atoms with Crippen LogP contribution in [0.3, 0.4) is 0 Å². The van der Waals surface area contributed by atoms with Crippen molar-refractivity contribution in [3.8, 4) is 0 Å². The lowest BCUT2D eigenvalue weighted by Gasteiger charge is -2.09. The fraction of sp³-hybridized carbons (Fsp3) is 0.800. The summed E-state index contributed by atoms with van der Waals surface area (Å²) in [6, 6.07) is 0.883. The number of halogens is 2. The van der Waals surface area contributed by atoms with E-state index in [0.29, 0.717) is 12.1 Å². The maximum Gasteiger partial charge on any atom is 0.101 e. The molecule has 2 nitrogen and oxygen atoms in total. The molecule has 2 unspecified atom stereocenters. The summed E-state index contributed by atoms with van der Waals surface area (Å²) in [7, 11) is 0. The van der Waals surface area contributed by atoms with E-state index in [4.69, 9.17) is 23.2 Å². The maximum absolute atomic E-state index is 5.83. The van der Waals surface area contributed by atoms with Gasteiger partial charge in [-0.2, -0.15) is 0 Å². The van der Waals surface area contributed by atoms with Gasteiger partial charge in [0.2, 0.25) is 0 Å². The van der Waals surface area contributed by atoms with E-state index in [0.717, 1.165) is 48.9 Å². The van der Waals surface area contributed by atoms with E-state index in [1.165, 1.54) is 0 Å². The summed E-state index contributed by atoms with van der Waals surface area (Å²) in [4.78, 5) is 8.74. The van der Waals surface area contributed by atoms with Gasteiger partial charge in [-0.25, -0.2) is 0 Å². The van der Waals surface area contributed by atoms with Crippen molar-refractivity contribution in [2.75, 3.05) is 0 Å². The molecule has 2 rings (SSSR count). The van der Waals surface area contributed by atoms with Crippen molar-refractivity contribution in [2.45, 2.75) is 50.6 Å². The van der Waals surface area contributed by atoms with Crippen molar-refractivity contribution in [2.24, 2.45) is 9.98 Å². The van der Waals surface area contributed by atoms with Crippen molar-refractivity contribution < 1.29 is 0 Å². The molecule has 2 heterocycles. The van der Waals surface area contributed by atoms with Gasteiger partial charge in [-0.05, 0) is 25.7 Å². The van der Waals surface area contributed by atoms with Crippen LogP contribution >= 0.6 is 23.2 Å². The molecule has 0 saturated heterocycles. The van der Waals surface area contributed by atoms with E-state index < -0.39 is 0 Å². The molecule has 4 heteroatoms. The third-order valence-electron chi connectivity index (χ3n) is 2.85. The lowest BCUT2D eigenvalue weighted by atomic mass is 10.0. The van der Waals surface area contributed by atoms with Gasteiger partial charge in [0.25, 0.3) is 0 Å². The predicted octanol–water partition coefficient (Wildman–Crippen LogP) is 3.37. The molecule has 2 aliphatic heterocycles. The summed E-state index contributed by atoms with van der Waals surface area (Å²) in [6.45, 7) is 0. The molecule has 2 aliphatic rings. The maximum atomic E-state index is 5.83. The van der Waals surface area contributed by atoms with Gasteiger partial charge in [0.1, 0.15) is 10.3 Å². The number of rotatable bonds is 3. The summed E-state index contributed by atoms with van der Waals surface area (Å²) in [6.07, 6.45) is 6.36. The molecule has 0 aromatic heterocycles. The fourth-order valence-electron chi connectivity index (χ4n) is 2.03. The zero-order chi connectivity index (χ0) is 9.97. The Morgan fingerprint density at radius 3 is 1.64 bits per heavy atom. The smallest absolute Gasteiger partial charge is 0.101 e. The molecule has 0 radical (unpaired) electrons. The van der Waals surface area contributed by atoms with E-state index in [9.17, 15) is 0 Å². The SMILES string of the molecule is ClC1=NC(CCC2CCC(Cl)=N2)CC1. The first-order valence-electron chi connectivity index (χ1n) is 5.18. The molecular formula is C10H14Cl2N2. The standard InChI is InChI=1S/C10H14Cl2N2/c11-9-5-3-7(13-9)1-2-8-4-6-10(12)14-8/h7-8H,1-6H2. The quantitative estimate of drug-likeness (QED) is 0.714. The first kappa shape index (κ1) is 10.4. The zero-order valence-electron chi connectivity index (χ0n) is 8.05. The Hall–Kier alpha value is -0.0800. The molecule has 78 valence electrons. The predicted molar refractivity (Wildman–Crippen MR) is 61.9 cm³/mol. The Kier molecular flexibility index (Phi) is 3.45. The Labute approximate surface area is 94.4 Å². The van der Waals surface area contributed by atoms with Crippen LogP contribution in [0.1, 0.15) is 38.5 Å². The van der Waals surface area contributed by atoms with E-state index in [-0.39, 0.29) is 0 Å². The Bertz CT molecular complexity index is 245. The molecule has 0 aromatic carbocycles. The van der Waals surface area contributed by atoms with Gasteiger partial charge >= 0.3 is 0 Å². The molecule has 0 saturated carbocycles. The second kappa shape index (κ2) is 4.63. The molecule has 2 atom stereocenters. The monoisotopic (exact) mass is 232 g/mol. The molecule has 14 heavy (non-hydrogen) atoms. The largest absolute Gasteiger partial charge is 0.274 e. The van der Waals surface area contributed by atoms with E-state index in [1.54, 1.807) is 0 Å². The zero-order valence-corrected chi connectivity index (χ0v) is 9.56. The minimum absolute atomic E-state index is 0.442. The van der Waals surface area contributed by atoms with Crippen LogP contribution in [0.25, 0.3) is 0 Å². The molecule has 0 bridgehead atoms. The van der Waals surface area contributed by atoms with Crippen LogP contribution in [0.2, 0.25) is 0 Å². The summed E-state index contributed by atoms with van der Waals surface area (Å²) in [5, 5.41) is 1.59. The summed E-state index contributed by atoms with van der Waals surface area (Å²) >= 11 is 11.7. The number of hydrogen-bond donors (Lipinski definition) is 0. The third-order valence-corrected chi connectivity index (χ3v) is 3.42. The normalized spacial score (nSPS) is 31.9. The van der Waals surface area contributed by atoms with Crippen molar-refractivity contribution in [1.82, 2.24) is 0 Å². The van der Waals surface area contributed by atoms with Gasteiger partial charge in [0, 0.05) is 12.8 Å². The van der Waals surface area contributed by atoms with Crippen molar-refractivity contribution in [3.05, 3.63) is 0 Å². The average molecular weight is 233 g/mol. The fourth-order valence-corrected chi connectivity index (χ4v) is 2.52. The molecule has 0 spiro atoms. The van der Waals surface area contributed by atoms with Crippen LogP contribution in [-0.4, -0.2) is 22.4 Å². The molecular weight excluding hydrogens is 219 g/mol. The van der Waals surface area contributed by atoms with Crippen LogP contribution < -0.4 is 0 Å². The lowest BCUT2D eigenvalue weighted by molar-refractivity contribution is 0.519. The molecule has 0 aromatic rings. The highest BCUT2D eigenvalue weighted by molar-refractivity contribution is 6.66. The number of nitrogens with zero attached hydrogens (tertiary/aromatic N) is 2.